The van der Waals surface area contributed by atoms with Gasteiger partial charge in [0.2, 0.25) is 5.95 Å². The van der Waals surface area contributed by atoms with Gasteiger partial charge in [-0.15, -0.1) is 16.4 Å². The predicted molar refractivity (Wildman–Crippen MR) is 102 cm³/mol. The maximum Gasteiger partial charge on any atom is 0.271 e. The Bertz CT molecular complexity index is 1010. The van der Waals surface area contributed by atoms with Crippen molar-refractivity contribution in [3.63, 3.8) is 0 Å². The maximum atomic E-state index is 14.4. The summed E-state index contributed by atoms with van der Waals surface area (Å²) < 4.78 is 16.0. The molecule has 2 N–H and O–H groups in total. The molecule has 2 unspecified atom stereocenters. The van der Waals surface area contributed by atoms with Crippen LogP contribution in [0.2, 0.25) is 0 Å². The number of aromatic nitrogens is 4. The Labute approximate surface area is 160 Å². The molecule has 7 nitrogen and oxygen atoms in total. The highest BCUT2D eigenvalue weighted by Crippen LogP contribution is 2.34. The fraction of sp³-hybridized carbons (Fsp3) is 0.444. The number of nitrogens with one attached hydrogen (secondary N) is 2. The highest BCUT2D eigenvalue weighted by atomic mass is 32.1. The molecule has 0 spiro atoms. The van der Waals surface area contributed by atoms with Crippen molar-refractivity contribution in [2.24, 2.45) is 0 Å². The van der Waals surface area contributed by atoms with E-state index >= 15 is 0 Å². The van der Waals surface area contributed by atoms with Crippen LogP contribution in [0.3, 0.4) is 0 Å². The molecule has 0 saturated carbocycles. The van der Waals surface area contributed by atoms with Gasteiger partial charge < -0.3 is 5.32 Å². The SMILES string of the molecule is Cc1cn2nc(NC(=O)c3sc(C4CCNC(C)C4)cc3F)nc2c(C)n1. The Morgan fingerprint density at radius 3 is 3.00 bits per heavy atom. The first-order valence-electron chi connectivity index (χ1n) is 8.95. The third kappa shape index (κ3) is 3.57. The zero-order valence-corrected chi connectivity index (χ0v) is 16.2. The smallest absolute Gasteiger partial charge is 0.271 e. The van der Waals surface area contributed by atoms with Crippen molar-refractivity contribution in [1.82, 2.24) is 24.9 Å². The number of fused-ring (bicyclic) bond motifs is 1. The van der Waals surface area contributed by atoms with E-state index in [4.69, 9.17) is 0 Å². The molecule has 0 aromatic carbocycles. The Kier molecular flexibility index (Phi) is 4.65. The number of hydrogen-bond donors (Lipinski definition) is 2. The lowest BCUT2D eigenvalue weighted by atomic mass is 9.92. The molecule has 4 heterocycles. The molecule has 1 saturated heterocycles. The van der Waals surface area contributed by atoms with Crippen molar-refractivity contribution < 1.29 is 9.18 Å². The molecule has 1 aliphatic rings. The molecule has 9 heteroatoms. The van der Waals surface area contributed by atoms with Gasteiger partial charge >= 0.3 is 0 Å². The number of rotatable bonds is 3. The number of aryl methyl sites for hydroxylation is 2. The van der Waals surface area contributed by atoms with Crippen molar-refractivity contribution in [1.29, 1.82) is 0 Å². The van der Waals surface area contributed by atoms with E-state index in [0.717, 1.165) is 30.0 Å². The second kappa shape index (κ2) is 6.97. The van der Waals surface area contributed by atoms with E-state index in [2.05, 4.69) is 32.6 Å². The summed E-state index contributed by atoms with van der Waals surface area (Å²) in [5.41, 5.74) is 2.08. The molecule has 1 aliphatic heterocycles. The Morgan fingerprint density at radius 2 is 2.22 bits per heavy atom. The third-order valence-electron chi connectivity index (χ3n) is 4.77. The van der Waals surface area contributed by atoms with Crippen LogP contribution in [0.4, 0.5) is 10.3 Å². The Balaban J connectivity index is 1.56. The van der Waals surface area contributed by atoms with Gasteiger partial charge in [-0.1, -0.05) is 0 Å². The lowest BCUT2D eigenvalue weighted by molar-refractivity contribution is 0.102. The number of anilines is 1. The number of thiophene rings is 1. The van der Waals surface area contributed by atoms with Gasteiger partial charge in [0.05, 0.1) is 17.6 Å². The predicted octanol–water partition coefficient (Wildman–Crippen LogP) is 3.05. The molecular weight excluding hydrogens is 367 g/mol. The molecule has 27 heavy (non-hydrogen) atoms. The van der Waals surface area contributed by atoms with Crippen molar-refractivity contribution >= 4 is 28.8 Å². The maximum absolute atomic E-state index is 14.4. The quantitative estimate of drug-likeness (QED) is 0.720. The first-order valence-corrected chi connectivity index (χ1v) is 9.77. The Morgan fingerprint density at radius 1 is 1.41 bits per heavy atom. The second-order valence-electron chi connectivity index (χ2n) is 7.03. The van der Waals surface area contributed by atoms with Gasteiger partial charge in [-0.2, -0.15) is 4.98 Å². The van der Waals surface area contributed by atoms with Gasteiger partial charge in [-0.25, -0.2) is 8.91 Å². The lowest BCUT2D eigenvalue weighted by Gasteiger charge is -2.27. The van der Waals surface area contributed by atoms with E-state index < -0.39 is 11.7 Å². The molecule has 0 bridgehead atoms. The van der Waals surface area contributed by atoms with Crippen LogP contribution in [0, 0.1) is 19.7 Å². The first kappa shape index (κ1) is 18.0. The van der Waals surface area contributed by atoms with Gasteiger partial charge in [0.1, 0.15) is 10.7 Å². The molecule has 1 fully saturated rings. The summed E-state index contributed by atoms with van der Waals surface area (Å²) in [4.78, 5) is 22.2. The summed E-state index contributed by atoms with van der Waals surface area (Å²) >= 11 is 1.22. The Hall–Kier alpha value is -2.39. The second-order valence-corrected chi connectivity index (χ2v) is 8.11. The average Bonchev–Trinajstić information content (AvgIpc) is 3.18. The topological polar surface area (TPSA) is 84.2 Å². The molecule has 2 atom stereocenters. The van der Waals surface area contributed by atoms with Gasteiger partial charge in [0.15, 0.2) is 5.65 Å². The van der Waals surface area contributed by atoms with Gasteiger partial charge in [0, 0.05) is 10.9 Å². The summed E-state index contributed by atoms with van der Waals surface area (Å²) in [5.74, 6) is -0.590. The molecule has 0 radical (unpaired) electrons. The summed E-state index contributed by atoms with van der Waals surface area (Å²) in [6.45, 7) is 6.71. The summed E-state index contributed by atoms with van der Waals surface area (Å²) in [5, 5.41) is 10.2. The van der Waals surface area contributed by atoms with E-state index in [0.29, 0.717) is 17.4 Å². The van der Waals surface area contributed by atoms with E-state index in [9.17, 15) is 9.18 Å². The summed E-state index contributed by atoms with van der Waals surface area (Å²) in [6, 6.07) is 1.89. The number of hydrogen-bond acceptors (Lipinski definition) is 6. The van der Waals surface area contributed by atoms with E-state index in [1.165, 1.54) is 17.4 Å². The minimum atomic E-state index is -0.524. The molecule has 1 amide bonds. The van der Waals surface area contributed by atoms with Crippen LogP contribution in [-0.4, -0.2) is 38.1 Å². The van der Waals surface area contributed by atoms with Crippen molar-refractivity contribution in [2.75, 3.05) is 11.9 Å². The first-order chi connectivity index (χ1) is 12.9. The lowest BCUT2D eigenvalue weighted by Crippen LogP contribution is -2.34. The van der Waals surface area contributed by atoms with Crippen LogP contribution in [0.25, 0.3) is 5.65 Å². The number of carbonyl (C=O) groups excluding carboxylic acids is 1. The molecular formula is C18H21FN6OS. The van der Waals surface area contributed by atoms with E-state index in [1.54, 1.807) is 10.7 Å². The largest absolute Gasteiger partial charge is 0.314 e. The third-order valence-corrected chi connectivity index (χ3v) is 6.04. The highest BCUT2D eigenvalue weighted by molar-refractivity contribution is 7.14. The molecule has 0 aliphatic carbocycles. The van der Waals surface area contributed by atoms with Crippen LogP contribution < -0.4 is 10.6 Å². The number of carbonyl (C=O) groups is 1. The fourth-order valence-electron chi connectivity index (χ4n) is 3.52. The van der Waals surface area contributed by atoms with Crippen molar-refractivity contribution in [3.8, 4) is 0 Å². The van der Waals surface area contributed by atoms with Gasteiger partial charge in [-0.3, -0.25) is 15.1 Å². The van der Waals surface area contributed by atoms with Crippen LogP contribution in [0.1, 0.15) is 51.6 Å². The molecule has 142 valence electrons. The minimum absolute atomic E-state index is 0.0704. The van der Waals surface area contributed by atoms with Crippen LogP contribution >= 0.6 is 11.3 Å². The minimum Gasteiger partial charge on any atom is -0.314 e. The zero-order valence-electron chi connectivity index (χ0n) is 15.4. The number of piperidine rings is 1. The summed E-state index contributed by atoms with van der Waals surface area (Å²) in [6.07, 6.45) is 3.62. The van der Waals surface area contributed by atoms with Crippen LogP contribution in [0.15, 0.2) is 12.3 Å². The van der Waals surface area contributed by atoms with Crippen molar-refractivity contribution in [3.05, 3.63) is 39.2 Å². The van der Waals surface area contributed by atoms with Crippen molar-refractivity contribution in [2.45, 2.75) is 45.6 Å². The zero-order chi connectivity index (χ0) is 19.1. The number of nitrogens with zero attached hydrogens (tertiary/aromatic N) is 4. The van der Waals surface area contributed by atoms with E-state index in [1.807, 2.05) is 13.8 Å². The van der Waals surface area contributed by atoms with E-state index in [-0.39, 0.29) is 16.7 Å². The number of halogens is 1. The highest BCUT2D eigenvalue weighted by Gasteiger charge is 2.25. The van der Waals surface area contributed by atoms with Crippen LogP contribution in [0.5, 0.6) is 0 Å². The standard InChI is InChI=1S/C18H21FN6OS/c1-9-6-12(4-5-20-9)14-7-13(19)15(27-14)17(26)23-18-22-16-11(3)21-10(2)8-25(16)24-18/h7-9,12,20H,4-6H2,1-3H3,(H,23,24,26). The monoisotopic (exact) mass is 388 g/mol. The fourth-order valence-corrected chi connectivity index (χ4v) is 4.60. The molecule has 3 aromatic rings. The molecule has 4 rings (SSSR count). The average molecular weight is 388 g/mol. The normalized spacial score (nSPS) is 20.1. The molecule has 3 aromatic heterocycles. The van der Waals surface area contributed by atoms with Gasteiger partial charge in [0.25, 0.3) is 5.91 Å². The van der Waals surface area contributed by atoms with Gasteiger partial charge in [-0.05, 0) is 52.1 Å². The summed E-state index contributed by atoms with van der Waals surface area (Å²) in [7, 11) is 0. The number of amides is 1. The van der Waals surface area contributed by atoms with Crippen LogP contribution in [-0.2, 0) is 0 Å².